The normalized spacial score (nSPS) is 10.5. The summed E-state index contributed by atoms with van der Waals surface area (Å²) in [7, 11) is 0. The molecule has 0 radical (unpaired) electrons. The number of nitrogens with zero attached hydrogens (tertiary/aromatic N) is 2. The zero-order valence-electron chi connectivity index (χ0n) is 9.43. The molecule has 0 spiro atoms. The first-order chi connectivity index (χ1) is 8.26. The number of thiazole rings is 1. The molecule has 5 heteroatoms. The predicted molar refractivity (Wildman–Crippen MR) is 72.2 cm³/mol. The SMILES string of the molecule is CCN(c1ccccc1)c1nc(Cl)c(CO)s1. The molecule has 1 aromatic heterocycles. The summed E-state index contributed by atoms with van der Waals surface area (Å²) < 4.78 is 0. The van der Waals surface area contributed by atoms with E-state index in [-0.39, 0.29) is 6.61 Å². The summed E-state index contributed by atoms with van der Waals surface area (Å²) in [5.74, 6) is 0. The van der Waals surface area contributed by atoms with Crippen molar-refractivity contribution >= 4 is 33.8 Å². The minimum absolute atomic E-state index is 0.0666. The summed E-state index contributed by atoms with van der Waals surface area (Å²) >= 11 is 7.37. The van der Waals surface area contributed by atoms with E-state index in [4.69, 9.17) is 16.7 Å². The standard InChI is InChI=1S/C12H13ClN2OS/c1-2-15(9-6-4-3-5-7-9)12-14-11(13)10(8-16)17-12/h3-7,16H,2,8H2,1H3. The van der Waals surface area contributed by atoms with Gasteiger partial charge in [-0.25, -0.2) is 4.98 Å². The number of hydrogen-bond acceptors (Lipinski definition) is 4. The van der Waals surface area contributed by atoms with Gasteiger partial charge in [0, 0.05) is 12.2 Å². The average Bonchev–Trinajstić information content (AvgIpc) is 2.73. The molecule has 0 aliphatic carbocycles. The minimum atomic E-state index is -0.0666. The van der Waals surface area contributed by atoms with E-state index in [0.29, 0.717) is 10.0 Å². The van der Waals surface area contributed by atoms with Crippen LogP contribution in [-0.4, -0.2) is 16.6 Å². The topological polar surface area (TPSA) is 36.4 Å². The molecule has 0 aliphatic heterocycles. The highest BCUT2D eigenvalue weighted by molar-refractivity contribution is 7.16. The number of hydrogen-bond donors (Lipinski definition) is 1. The molecule has 0 saturated carbocycles. The second-order valence-electron chi connectivity index (χ2n) is 3.45. The van der Waals surface area contributed by atoms with E-state index in [9.17, 15) is 0 Å². The Morgan fingerprint density at radius 2 is 2.06 bits per heavy atom. The van der Waals surface area contributed by atoms with Crippen molar-refractivity contribution in [1.82, 2.24) is 4.98 Å². The van der Waals surface area contributed by atoms with E-state index in [2.05, 4.69) is 16.8 Å². The summed E-state index contributed by atoms with van der Waals surface area (Å²) in [5, 5.41) is 10.3. The molecule has 3 nitrogen and oxygen atoms in total. The van der Waals surface area contributed by atoms with Crippen molar-refractivity contribution in [1.29, 1.82) is 0 Å². The van der Waals surface area contributed by atoms with Gasteiger partial charge < -0.3 is 10.0 Å². The zero-order valence-corrected chi connectivity index (χ0v) is 11.0. The second-order valence-corrected chi connectivity index (χ2v) is 4.87. The van der Waals surface area contributed by atoms with Gasteiger partial charge in [0.1, 0.15) is 5.15 Å². The van der Waals surface area contributed by atoms with Crippen LogP contribution in [0.1, 0.15) is 11.8 Å². The molecule has 1 N–H and O–H groups in total. The first-order valence-corrected chi connectivity index (χ1v) is 6.54. The third-order valence-corrected chi connectivity index (χ3v) is 3.88. The Morgan fingerprint density at radius 3 is 2.59 bits per heavy atom. The Morgan fingerprint density at radius 1 is 1.35 bits per heavy atom. The fourth-order valence-electron chi connectivity index (χ4n) is 1.57. The van der Waals surface area contributed by atoms with E-state index in [1.807, 2.05) is 30.3 Å². The van der Waals surface area contributed by atoms with E-state index < -0.39 is 0 Å². The van der Waals surface area contributed by atoms with E-state index in [1.54, 1.807) is 0 Å². The van der Waals surface area contributed by atoms with Crippen molar-refractivity contribution in [2.24, 2.45) is 0 Å². The largest absolute Gasteiger partial charge is 0.391 e. The molecule has 1 aromatic carbocycles. The molecule has 0 aliphatic rings. The fourth-order valence-corrected chi connectivity index (χ4v) is 2.77. The van der Waals surface area contributed by atoms with Crippen molar-refractivity contribution in [3.63, 3.8) is 0 Å². The highest BCUT2D eigenvalue weighted by atomic mass is 35.5. The lowest BCUT2D eigenvalue weighted by Gasteiger charge is -2.19. The molecule has 2 rings (SSSR count). The quantitative estimate of drug-likeness (QED) is 0.923. The van der Waals surface area contributed by atoms with Gasteiger partial charge in [0.25, 0.3) is 0 Å². The number of rotatable bonds is 4. The molecular formula is C12H13ClN2OS. The molecule has 0 bridgehead atoms. The predicted octanol–water partition coefficient (Wildman–Crippen LogP) is 3.45. The third kappa shape index (κ3) is 2.60. The van der Waals surface area contributed by atoms with Gasteiger partial charge in [0.2, 0.25) is 0 Å². The molecule has 0 fully saturated rings. The van der Waals surface area contributed by atoms with Gasteiger partial charge in [-0.2, -0.15) is 0 Å². The van der Waals surface area contributed by atoms with Gasteiger partial charge in [-0.15, -0.1) is 0 Å². The van der Waals surface area contributed by atoms with Crippen LogP contribution in [0.25, 0.3) is 0 Å². The number of aliphatic hydroxyl groups is 1. The highest BCUT2D eigenvalue weighted by Crippen LogP contribution is 2.33. The summed E-state index contributed by atoms with van der Waals surface area (Å²) in [6, 6.07) is 10.0. The van der Waals surface area contributed by atoms with Crippen molar-refractivity contribution in [2.75, 3.05) is 11.4 Å². The van der Waals surface area contributed by atoms with Gasteiger partial charge in [0.15, 0.2) is 5.13 Å². The van der Waals surface area contributed by atoms with Gasteiger partial charge in [-0.3, -0.25) is 0 Å². The smallest absolute Gasteiger partial charge is 0.191 e. The van der Waals surface area contributed by atoms with Crippen LogP contribution in [0, 0.1) is 0 Å². The highest BCUT2D eigenvalue weighted by Gasteiger charge is 2.14. The van der Waals surface area contributed by atoms with Crippen LogP contribution in [0.15, 0.2) is 30.3 Å². The number of aromatic nitrogens is 1. The number of anilines is 2. The van der Waals surface area contributed by atoms with Gasteiger partial charge in [-0.05, 0) is 19.1 Å². The van der Waals surface area contributed by atoms with Crippen molar-refractivity contribution in [2.45, 2.75) is 13.5 Å². The van der Waals surface area contributed by atoms with Crippen LogP contribution in [0.2, 0.25) is 5.15 Å². The van der Waals surface area contributed by atoms with Crippen molar-refractivity contribution in [3.8, 4) is 0 Å². The summed E-state index contributed by atoms with van der Waals surface area (Å²) in [6.45, 7) is 2.79. The minimum Gasteiger partial charge on any atom is -0.391 e. The molecule has 17 heavy (non-hydrogen) atoms. The summed E-state index contributed by atoms with van der Waals surface area (Å²) in [4.78, 5) is 7.05. The van der Waals surface area contributed by atoms with E-state index >= 15 is 0 Å². The Bertz CT molecular complexity index is 487. The maximum absolute atomic E-state index is 9.12. The van der Waals surface area contributed by atoms with Crippen LogP contribution in [-0.2, 0) is 6.61 Å². The molecule has 0 amide bonds. The Hall–Kier alpha value is -1.10. The number of benzene rings is 1. The lowest BCUT2D eigenvalue weighted by Crippen LogP contribution is -2.15. The van der Waals surface area contributed by atoms with E-state index in [0.717, 1.165) is 17.4 Å². The summed E-state index contributed by atoms with van der Waals surface area (Å²) in [5.41, 5.74) is 1.07. The second kappa shape index (κ2) is 5.49. The molecule has 90 valence electrons. The lowest BCUT2D eigenvalue weighted by atomic mass is 10.3. The molecule has 2 aromatic rings. The van der Waals surface area contributed by atoms with Crippen LogP contribution in [0.3, 0.4) is 0 Å². The zero-order chi connectivity index (χ0) is 12.3. The first-order valence-electron chi connectivity index (χ1n) is 5.35. The molecule has 0 saturated heterocycles. The number of para-hydroxylation sites is 1. The maximum Gasteiger partial charge on any atom is 0.191 e. The van der Waals surface area contributed by atoms with Crippen LogP contribution in [0.4, 0.5) is 10.8 Å². The monoisotopic (exact) mass is 268 g/mol. The number of aliphatic hydroxyl groups excluding tert-OH is 1. The molecule has 0 atom stereocenters. The average molecular weight is 269 g/mol. The van der Waals surface area contributed by atoms with Gasteiger partial charge >= 0.3 is 0 Å². The van der Waals surface area contributed by atoms with Crippen LogP contribution >= 0.6 is 22.9 Å². The Kier molecular flexibility index (Phi) is 3.99. The number of halogens is 1. The maximum atomic E-state index is 9.12. The van der Waals surface area contributed by atoms with Crippen molar-refractivity contribution < 1.29 is 5.11 Å². The third-order valence-electron chi connectivity index (χ3n) is 2.40. The van der Waals surface area contributed by atoms with Crippen molar-refractivity contribution in [3.05, 3.63) is 40.4 Å². The van der Waals surface area contributed by atoms with Crippen LogP contribution in [0.5, 0.6) is 0 Å². The molecule has 0 unspecified atom stereocenters. The van der Waals surface area contributed by atoms with Gasteiger partial charge in [-0.1, -0.05) is 41.1 Å². The first kappa shape index (κ1) is 12.4. The Balaban J connectivity index is 2.35. The fraction of sp³-hybridized carbons (Fsp3) is 0.250. The van der Waals surface area contributed by atoms with E-state index in [1.165, 1.54) is 11.3 Å². The Labute approximate surface area is 109 Å². The van der Waals surface area contributed by atoms with Gasteiger partial charge in [0.05, 0.1) is 11.5 Å². The molecule has 1 heterocycles. The summed E-state index contributed by atoms with van der Waals surface area (Å²) in [6.07, 6.45) is 0. The van der Waals surface area contributed by atoms with Crippen LogP contribution < -0.4 is 4.90 Å². The lowest BCUT2D eigenvalue weighted by molar-refractivity contribution is 0.285. The molecular weight excluding hydrogens is 256 g/mol.